The molecule has 4 aromatic rings. The minimum atomic E-state index is -1.02. The Bertz CT molecular complexity index is 1570. The Labute approximate surface area is 218 Å². The fraction of sp³-hybridized carbons (Fsp3) is 0.345. The third kappa shape index (κ3) is 4.79. The Morgan fingerprint density at radius 3 is 2.92 bits per heavy atom. The molecule has 3 aromatic heterocycles. The number of carbonyl (C=O) groups is 1. The van der Waals surface area contributed by atoms with Gasteiger partial charge in [-0.3, -0.25) is 4.79 Å². The van der Waals surface area contributed by atoms with E-state index < -0.39 is 18.1 Å². The van der Waals surface area contributed by atoms with Crippen molar-refractivity contribution in [2.45, 2.75) is 44.9 Å². The number of carbonyl (C=O) groups excluding carboxylic acids is 1. The number of alkyl halides is 1. The number of nitrogens with zero attached hydrogens (tertiary/aromatic N) is 3. The number of hydrogen-bond donors (Lipinski definition) is 2. The van der Waals surface area contributed by atoms with Crippen molar-refractivity contribution in [3.63, 3.8) is 0 Å². The molecule has 194 valence electrons. The van der Waals surface area contributed by atoms with Crippen LogP contribution < -0.4 is 5.32 Å². The average Bonchev–Trinajstić information content (AvgIpc) is 3.61. The van der Waals surface area contributed by atoms with Crippen molar-refractivity contribution in [3.05, 3.63) is 82.6 Å². The van der Waals surface area contributed by atoms with Crippen LogP contribution in [0.4, 0.5) is 8.78 Å². The maximum absolute atomic E-state index is 14.5. The lowest BCUT2D eigenvalue weighted by Crippen LogP contribution is -2.31. The Morgan fingerprint density at radius 1 is 1.26 bits per heavy atom. The number of amides is 1. The summed E-state index contributed by atoms with van der Waals surface area (Å²) in [5, 5.41) is 3.42. The standard InChI is InChI=1S/C29H27F2N5O2/c1-17-11-19(6-5-18-7-9-38-10-8-18)12-25(33-17)29(37)35-27(28-26-13-20(30)15-36(26)16-32-28)24-14-21-22(31)3-2-4-23(21)34-24/h2-4,11-12,14,16,18,20,27,34H,7-10,13,15H2,1H3,(H,35,37)/t20-,27+/m1/s1. The molecule has 5 heterocycles. The van der Waals surface area contributed by atoms with Crippen LogP contribution in [0.2, 0.25) is 0 Å². The molecule has 0 radical (unpaired) electrons. The van der Waals surface area contributed by atoms with Crippen molar-refractivity contribution < 1.29 is 18.3 Å². The Balaban J connectivity index is 1.34. The molecule has 1 amide bonds. The number of benzene rings is 1. The lowest BCUT2D eigenvalue weighted by atomic mass is 10.0. The summed E-state index contributed by atoms with van der Waals surface area (Å²) in [6.07, 6.45) is 2.56. The summed E-state index contributed by atoms with van der Waals surface area (Å²) in [6, 6.07) is 9.20. The van der Waals surface area contributed by atoms with E-state index in [0.717, 1.165) is 12.8 Å². The molecule has 7 nitrogen and oxygen atoms in total. The SMILES string of the molecule is Cc1cc(C#CC2CCOCC2)cc(C(=O)N[C@@H](c2cc3c(F)cccc3[nH]2)c2ncn3c2C[C@@H](F)C3)n1. The number of hydrogen-bond acceptors (Lipinski definition) is 4. The van der Waals surface area contributed by atoms with E-state index in [-0.39, 0.29) is 30.4 Å². The minimum Gasteiger partial charge on any atom is -0.381 e. The van der Waals surface area contributed by atoms with Gasteiger partial charge in [0, 0.05) is 59.1 Å². The van der Waals surface area contributed by atoms with Crippen molar-refractivity contribution >= 4 is 16.8 Å². The molecule has 38 heavy (non-hydrogen) atoms. The lowest BCUT2D eigenvalue weighted by Gasteiger charge is -2.18. The average molecular weight is 516 g/mol. The molecule has 9 heteroatoms. The van der Waals surface area contributed by atoms with Crippen LogP contribution in [-0.4, -0.2) is 44.8 Å². The monoisotopic (exact) mass is 515 g/mol. The van der Waals surface area contributed by atoms with Gasteiger partial charge in [-0.1, -0.05) is 17.9 Å². The highest BCUT2D eigenvalue weighted by Crippen LogP contribution is 2.31. The van der Waals surface area contributed by atoms with E-state index in [0.29, 0.717) is 52.5 Å². The second-order valence-electron chi connectivity index (χ2n) is 9.90. The molecular weight excluding hydrogens is 488 g/mol. The molecule has 0 aliphatic carbocycles. The van der Waals surface area contributed by atoms with E-state index in [9.17, 15) is 13.6 Å². The van der Waals surface area contributed by atoms with Crippen LogP contribution in [0.25, 0.3) is 10.9 Å². The predicted octanol–water partition coefficient (Wildman–Crippen LogP) is 4.40. The number of rotatable bonds is 4. The number of imidazole rings is 1. The van der Waals surface area contributed by atoms with Gasteiger partial charge in [-0.25, -0.2) is 18.7 Å². The first-order valence-electron chi connectivity index (χ1n) is 12.8. The molecule has 2 aliphatic rings. The highest BCUT2D eigenvalue weighted by atomic mass is 19.1. The van der Waals surface area contributed by atoms with Gasteiger partial charge < -0.3 is 19.6 Å². The lowest BCUT2D eigenvalue weighted by molar-refractivity contribution is 0.0807. The van der Waals surface area contributed by atoms with Crippen LogP contribution in [0.5, 0.6) is 0 Å². The van der Waals surface area contributed by atoms with Crippen molar-refractivity contribution in [1.29, 1.82) is 0 Å². The van der Waals surface area contributed by atoms with Gasteiger partial charge in [0.15, 0.2) is 0 Å². The molecule has 1 fully saturated rings. The van der Waals surface area contributed by atoms with Crippen LogP contribution in [0.15, 0.2) is 42.7 Å². The second kappa shape index (κ2) is 10.0. The maximum atomic E-state index is 14.5. The van der Waals surface area contributed by atoms with Crippen LogP contribution in [0, 0.1) is 30.5 Å². The normalized spacial score (nSPS) is 18.1. The van der Waals surface area contributed by atoms with Gasteiger partial charge in [-0.2, -0.15) is 0 Å². The molecule has 6 rings (SSSR count). The predicted molar refractivity (Wildman–Crippen MR) is 138 cm³/mol. The van der Waals surface area contributed by atoms with Crippen molar-refractivity contribution in [2.75, 3.05) is 13.2 Å². The Kier molecular flexibility index (Phi) is 6.42. The number of aryl methyl sites for hydroxylation is 1. The molecule has 0 bridgehead atoms. The number of ether oxygens (including phenoxy) is 1. The topological polar surface area (TPSA) is 84.8 Å². The molecular formula is C29H27F2N5O2. The third-order valence-corrected chi connectivity index (χ3v) is 7.11. The van der Waals surface area contributed by atoms with E-state index in [1.54, 1.807) is 35.2 Å². The highest BCUT2D eigenvalue weighted by molar-refractivity contribution is 5.93. The van der Waals surface area contributed by atoms with E-state index in [2.05, 4.69) is 32.1 Å². The van der Waals surface area contributed by atoms with Crippen molar-refractivity contribution in [2.24, 2.45) is 5.92 Å². The summed E-state index contributed by atoms with van der Waals surface area (Å²) in [7, 11) is 0. The fourth-order valence-corrected chi connectivity index (χ4v) is 5.21. The zero-order valence-corrected chi connectivity index (χ0v) is 20.9. The molecule has 0 unspecified atom stereocenters. The van der Waals surface area contributed by atoms with Crippen LogP contribution in [0.3, 0.4) is 0 Å². The number of fused-ring (bicyclic) bond motifs is 2. The van der Waals surface area contributed by atoms with Gasteiger partial charge in [-0.15, -0.1) is 0 Å². The number of H-pyrrole nitrogens is 1. The molecule has 2 N–H and O–H groups in total. The molecule has 0 saturated carbocycles. The molecule has 1 saturated heterocycles. The Morgan fingerprint density at radius 2 is 2.11 bits per heavy atom. The molecule has 2 atom stereocenters. The number of pyridine rings is 1. The molecule has 0 spiro atoms. The van der Waals surface area contributed by atoms with Gasteiger partial charge in [0.05, 0.1) is 18.6 Å². The summed E-state index contributed by atoms with van der Waals surface area (Å²) in [6.45, 7) is 3.46. The minimum absolute atomic E-state index is 0.199. The summed E-state index contributed by atoms with van der Waals surface area (Å²) in [5.41, 5.74) is 3.97. The highest BCUT2D eigenvalue weighted by Gasteiger charge is 2.31. The molecule has 1 aromatic carbocycles. The summed E-state index contributed by atoms with van der Waals surface area (Å²) < 4.78 is 35.9. The van der Waals surface area contributed by atoms with Crippen molar-refractivity contribution in [3.8, 4) is 11.8 Å². The summed E-state index contributed by atoms with van der Waals surface area (Å²) >= 11 is 0. The van der Waals surface area contributed by atoms with Crippen LogP contribution in [-0.2, 0) is 17.7 Å². The summed E-state index contributed by atoms with van der Waals surface area (Å²) in [5.74, 6) is 5.96. The van der Waals surface area contributed by atoms with Gasteiger partial charge >= 0.3 is 0 Å². The van der Waals surface area contributed by atoms with Gasteiger partial charge in [0.25, 0.3) is 5.91 Å². The van der Waals surface area contributed by atoms with Crippen LogP contribution in [0.1, 0.15) is 57.7 Å². The number of aromatic nitrogens is 4. The van der Waals surface area contributed by atoms with Gasteiger partial charge in [0.2, 0.25) is 0 Å². The number of halogens is 2. The smallest absolute Gasteiger partial charge is 0.270 e. The molecule has 2 aliphatic heterocycles. The maximum Gasteiger partial charge on any atom is 0.270 e. The largest absolute Gasteiger partial charge is 0.381 e. The van der Waals surface area contributed by atoms with E-state index in [4.69, 9.17) is 4.74 Å². The fourth-order valence-electron chi connectivity index (χ4n) is 5.21. The van der Waals surface area contributed by atoms with Gasteiger partial charge in [0.1, 0.15) is 23.7 Å². The second-order valence-corrected chi connectivity index (χ2v) is 9.90. The first kappa shape index (κ1) is 24.3. The quantitative estimate of drug-likeness (QED) is 0.395. The van der Waals surface area contributed by atoms with Gasteiger partial charge in [-0.05, 0) is 50.1 Å². The zero-order valence-electron chi connectivity index (χ0n) is 20.9. The van der Waals surface area contributed by atoms with E-state index >= 15 is 0 Å². The van der Waals surface area contributed by atoms with E-state index in [1.165, 1.54) is 6.07 Å². The number of aromatic amines is 1. The third-order valence-electron chi connectivity index (χ3n) is 7.11. The van der Waals surface area contributed by atoms with Crippen molar-refractivity contribution in [1.82, 2.24) is 24.8 Å². The zero-order chi connectivity index (χ0) is 26.2. The first-order chi connectivity index (χ1) is 18.4. The Hall–Kier alpha value is -4.03. The van der Waals surface area contributed by atoms with Crippen LogP contribution >= 0.6 is 0 Å². The number of nitrogens with one attached hydrogen (secondary N) is 2. The first-order valence-corrected chi connectivity index (χ1v) is 12.8. The summed E-state index contributed by atoms with van der Waals surface area (Å²) in [4.78, 5) is 25.7. The van der Waals surface area contributed by atoms with E-state index in [1.807, 2.05) is 13.0 Å².